The number of hydrogen-bond donors (Lipinski definition) is 2. The first-order valence-electron chi connectivity index (χ1n) is 8.76. The summed E-state index contributed by atoms with van der Waals surface area (Å²) in [4.78, 5) is 38.2. The number of carboxylic acid groups (broad SMARTS) is 1. The monoisotopic (exact) mass is 396 g/mol. The van der Waals surface area contributed by atoms with Gasteiger partial charge in [0.15, 0.2) is 18.9 Å². The quantitative estimate of drug-likeness (QED) is 0.582. The fourth-order valence-corrected chi connectivity index (χ4v) is 4.71. The van der Waals surface area contributed by atoms with Crippen molar-refractivity contribution >= 4 is 29.5 Å². The average Bonchev–Trinajstić information content (AvgIpc) is 2.72. The Morgan fingerprint density at radius 2 is 1.82 bits per heavy atom. The van der Waals surface area contributed by atoms with Crippen LogP contribution in [-0.2, 0) is 16.1 Å². The zero-order valence-corrected chi connectivity index (χ0v) is 15.6. The molecule has 1 fully saturated rings. The summed E-state index contributed by atoms with van der Waals surface area (Å²) in [5, 5.41) is 12.0. The molecule has 7 nitrogen and oxygen atoms in total. The van der Waals surface area contributed by atoms with Crippen molar-refractivity contribution in [3.8, 4) is 0 Å². The van der Waals surface area contributed by atoms with E-state index in [0.717, 1.165) is 0 Å². The molecule has 0 bridgehead atoms. The van der Waals surface area contributed by atoms with Gasteiger partial charge in [-0.3, -0.25) is 14.5 Å². The van der Waals surface area contributed by atoms with Crippen LogP contribution in [0.2, 0.25) is 0 Å². The van der Waals surface area contributed by atoms with Crippen molar-refractivity contribution in [2.45, 2.75) is 18.0 Å². The second-order valence-electron chi connectivity index (χ2n) is 6.53. The Bertz CT molecular complexity index is 962. The molecule has 142 valence electrons. The highest BCUT2D eigenvalue weighted by atomic mass is 32.2. The smallest absolute Gasteiger partial charge is 0.352 e. The van der Waals surface area contributed by atoms with E-state index in [0.29, 0.717) is 23.4 Å². The number of hydrogen-bond acceptors (Lipinski definition) is 4. The van der Waals surface area contributed by atoms with E-state index in [1.807, 2.05) is 35.2 Å². The minimum absolute atomic E-state index is 0.0234. The van der Waals surface area contributed by atoms with E-state index in [4.69, 9.17) is 0 Å². The highest BCUT2D eigenvalue weighted by molar-refractivity contribution is 8.00. The van der Waals surface area contributed by atoms with Crippen molar-refractivity contribution in [2.75, 3.05) is 5.75 Å². The van der Waals surface area contributed by atoms with Crippen molar-refractivity contribution in [3.63, 3.8) is 0 Å². The number of nitrogens with one attached hydrogen (secondary N) is 1. The average molecular weight is 396 g/mol. The maximum atomic E-state index is 12.7. The Kier molecular flexibility index (Phi) is 4.87. The molecule has 0 aliphatic carbocycles. The number of fused-ring (bicyclic) bond motifs is 1. The molecule has 2 N–H and O–H groups in total. The molecular formula is C20H18N3O4S+. The molecule has 4 rings (SSSR count). The van der Waals surface area contributed by atoms with Crippen LogP contribution in [0.15, 0.2) is 72.2 Å². The van der Waals surface area contributed by atoms with Crippen LogP contribution >= 0.6 is 11.8 Å². The highest BCUT2D eigenvalue weighted by Crippen LogP contribution is 2.40. The van der Waals surface area contributed by atoms with Gasteiger partial charge in [0.25, 0.3) is 11.8 Å². The normalized spacial score (nSPS) is 21.0. The van der Waals surface area contributed by atoms with Crippen LogP contribution in [0.5, 0.6) is 0 Å². The molecular weight excluding hydrogens is 378 g/mol. The first-order chi connectivity index (χ1) is 13.6. The van der Waals surface area contributed by atoms with Gasteiger partial charge in [-0.15, -0.1) is 11.8 Å². The lowest BCUT2D eigenvalue weighted by atomic mass is 10.0. The number of nitrogens with zero attached hydrogens (tertiary/aromatic N) is 2. The van der Waals surface area contributed by atoms with Gasteiger partial charge in [0.1, 0.15) is 17.1 Å². The number of carbonyl (C=O) groups excluding carboxylic acids is 2. The number of β-lactam (4-membered cyclic amide) rings is 1. The molecule has 2 aliphatic heterocycles. The highest BCUT2D eigenvalue weighted by Gasteiger charge is 2.54. The van der Waals surface area contributed by atoms with Gasteiger partial charge in [0.05, 0.1) is 0 Å². The van der Waals surface area contributed by atoms with Gasteiger partial charge in [0, 0.05) is 29.0 Å². The Morgan fingerprint density at radius 1 is 1.14 bits per heavy atom. The minimum atomic E-state index is -1.13. The molecule has 2 atom stereocenters. The maximum Gasteiger partial charge on any atom is 0.352 e. The summed E-state index contributed by atoms with van der Waals surface area (Å²) in [6, 6.07) is 13.5. The van der Waals surface area contributed by atoms with Crippen molar-refractivity contribution in [3.05, 3.63) is 77.8 Å². The maximum absolute atomic E-state index is 12.7. The summed E-state index contributed by atoms with van der Waals surface area (Å²) in [6.45, 7) is 0.396. The first-order valence-corrected chi connectivity index (χ1v) is 9.81. The molecule has 2 amide bonds. The van der Waals surface area contributed by atoms with Crippen LogP contribution in [0.25, 0.3) is 0 Å². The zero-order chi connectivity index (χ0) is 19.7. The third-order valence-corrected chi connectivity index (χ3v) is 6.06. The number of pyridine rings is 1. The SMILES string of the molecule is O=C(O)C1=C(C[n+]2ccccc2)CS[C@@H]2C(NC(=O)c3ccccc3)C(=O)N12. The van der Waals surface area contributed by atoms with Crippen LogP contribution in [0.3, 0.4) is 0 Å². The van der Waals surface area contributed by atoms with Crippen LogP contribution in [0.4, 0.5) is 0 Å². The van der Waals surface area contributed by atoms with E-state index in [1.54, 1.807) is 30.3 Å². The van der Waals surface area contributed by atoms with E-state index < -0.39 is 23.3 Å². The van der Waals surface area contributed by atoms with Gasteiger partial charge in [-0.1, -0.05) is 24.3 Å². The van der Waals surface area contributed by atoms with Crippen molar-refractivity contribution in [1.82, 2.24) is 10.2 Å². The summed E-state index contributed by atoms with van der Waals surface area (Å²) >= 11 is 1.47. The van der Waals surface area contributed by atoms with E-state index in [1.165, 1.54) is 16.7 Å². The Hall–Kier alpha value is -3.13. The number of benzene rings is 1. The van der Waals surface area contributed by atoms with Crippen LogP contribution in [-0.4, -0.2) is 45.0 Å². The molecule has 0 saturated carbocycles. The Balaban J connectivity index is 1.54. The largest absolute Gasteiger partial charge is 0.477 e. The third-order valence-electron chi connectivity index (χ3n) is 4.72. The Labute approximate surface area is 165 Å². The van der Waals surface area contributed by atoms with Crippen molar-refractivity contribution in [1.29, 1.82) is 0 Å². The minimum Gasteiger partial charge on any atom is -0.477 e. The molecule has 1 aromatic carbocycles. The standard InChI is InChI=1S/C20H17N3O4S/c24-17(13-7-3-1-4-8-13)21-15-18(25)23-16(20(26)27)14(12-28-19(15)23)11-22-9-5-2-6-10-22/h1-10,15,19H,11-12H2,(H-,21,24,26,27)/p+1/t15?,19-/m1/s1. The lowest BCUT2D eigenvalue weighted by molar-refractivity contribution is -0.689. The Morgan fingerprint density at radius 3 is 2.50 bits per heavy atom. The molecule has 0 spiro atoms. The number of amides is 2. The molecule has 1 aromatic heterocycles. The van der Waals surface area contributed by atoms with Crippen molar-refractivity contribution < 1.29 is 24.1 Å². The van der Waals surface area contributed by atoms with Gasteiger partial charge in [-0.25, -0.2) is 9.36 Å². The van der Waals surface area contributed by atoms with Gasteiger partial charge in [-0.05, 0) is 12.1 Å². The molecule has 3 heterocycles. The fraction of sp³-hybridized carbons (Fsp3) is 0.200. The molecule has 1 unspecified atom stereocenters. The number of aliphatic carboxylic acids is 1. The second kappa shape index (κ2) is 7.47. The topological polar surface area (TPSA) is 90.6 Å². The molecule has 28 heavy (non-hydrogen) atoms. The predicted octanol–water partition coefficient (Wildman–Crippen LogP) is 1.03. The van der Waals surface area contributed by atoms with Crippen molar-refractivity contribution in [2.24, 2.45) is 0 Å². The summed E-state index contributed by atoms with van der Waals surface area (Å²) in [5.41, 5.74) is 1.16. The van der Waals surface area contributed by atoms with Crippen LogP contribution in [0.1, 0.15) is 10.4 Å². The number of rotatable bonds is 5. The van der Waals surface area contributed by atoms with E-state index >= 15 is 0 Å². The van der Waals surface area contributed by atoms with E-state index in [-0.39, 0.29) is 11.6 Å². The number of carboxylic acids is 1. The first kappa shape index (κ1) is 18.2. The third kappa shape index (κ3) is 3.27. The van der Waals surface area contributed by atoms with Gasteiger partial charge < -0.3 is 10.4 Å². The summed E-state index contributed by atoms with van der Waals surface area (Å²) in [6.07, 6.45) is 3.70. The number of aromatic nitrogens is 1. The zero-order valence-electron chi connectivity index (χ0n) is 14.8. The lowest BCUT2D eigenvalue weighted by Crippen LogP contribution is -2.70. The number of thioether (sulfide) groups is 1. The van der Waals surface area contributed by atoms with Crippen LogP contribution < -0.4 is 9.88 Å². The van der Waals surface area contributed by atoms with Gasteiger partial charge >= 0.3 is 5.97 Å². The lowest BCUT2D eigenvalue weighted by Gasteiger charge is -2.49. The molecule has 2 aliphatic rings. The van der Waals surface area contributed by atoms with Gasteiger partial charge in [-0.2, -0.15) is 0 Å². The summed E-state index contributed by atoms with van der Waals surface area (Å²) < 4.78 is 1.87. The van der Waals surface area contributed by atoms with Crippen LogP contribution in [0, 0.1) is 0 Å². The molecule has 8 heteroatoms. The summed E-state index contributed by atoms with van der Waals surface area (Å²) in [7, 11) is 0. The molecule has 0 radical (unpaired) electrons. The van der Waals surface area contributed by atoms with E-state index in [2.05, 4.69) is 5.32 Å². The fourth-order valence-electron chi connectivity index (χ4n) is 3.38. The molecule has 1 saturated heterocycles. The summed E-state index contributed by atoms with van der Waals surface area (Å²) in [5.74, 6) is -1.38. The number of carbonyl (C=O) groups is 3. The predicted molar refractivity (Wildman–Crippen MR) is 102 cm³/mol. The van der Waals surface area contributed by atoms with Gasteiger partial charge in [0.2, 0.25) is 0 Å². The molecule has 2 aromatic rings. The second-order valence-corrected chi connectivity index (χ2v) is 7.64. The van der Waals surface area contributed by atoms with E-state index in [9.17, 15) is 19.5 Å².